The summed E-state index contributed by atoms with van der Waals surface area (Å²) in [6.07, 6.45) is 6.08. The minimum Gasteiger partial charge on any atom is -0.472 e. The molecule has 0 saturated carbocycles. The smallest absolute Gasteiger partial charge is 0.0950 e. The molecule has 1 saturated heterocycles. The molecule has 0 aromatic carbocycles. The van der Waals surface area contributed by atoms with Crippen molar-refractivity contribution in [1.82, 2.24) is 10.2 Å². The molecule has 0 aliphatic carbocycles. The van der Waals surface area contributed by atoms with Crippen LogP contribution >= 0.6 is 0 Å². The van der Waals surface area contributed by atoms with E-state index in [2.05, 4.69) is 31.0 Å². The zero-order valence-electron chi connectivity index (χ0n) is 11.1. The first-order valence-electron chi connectivity index (χ1n) is 6.69. The largest absolute Gasteiger partial charge is 0.472 e. The van der Waals surface area contributed by atoms with E-state index in [1.807, 2.05) is 12.3 Å². The first-order chi connectivity index (χ1) is 8.16. The SMILES string of the molecule is CC(NC1CCN(C(C)C)CC1)c1ccoc1. The van der Waals surface area contributed by atoms with Crippen LogP contribution < -0.4 is 5.32 Å². The second-order valence-electron chi connectivity index (χ2n) is 5.35. The van der Waals surface area contributed by atoms with Gasteiger partial charge in [-0.3, -0.25) is 0 Å². The van der Waals surface area contributed by atoms with Crippen LogP contribution in [0.25, 0.3) is 0 Å². The van der Waals surface area contributed by atoms with Crippen LogP contribution in [0.15, 0.2) is 23.0 Å². The molecule has 1 aliphatic rings. The summed E-state index contributed by atoms with van der Waals surface area (Å²) < 4.78 is 5.13. The fourth-order valence-corrected chi connectivity index (χ4v) is 2.55. The van der Waals surface area contributed by atoms with E-state index in [4.69, 9.17) is 4.42 Å². The Balaban J connectivity index is 1.78. The minimum absolute atomic E-state index is 0.393. The van der Waals surface area contributed by atoms with Gasteiger partial charge in [0.2, 0.25) is 0 Å². The van der Waals surface area contributed by atoms with Gasteiger partial charge in [0, 0.05) is 23.7 Å². The molecule has 1 aromatic rings. The fraction of sp³-hybridized carbons (Fsp3) is 0.714. The van der Waals surface area contributed by atoms with Gasteiger partial charge in [-0.25, -0.2) is 0 Å². The lowest BCUT2D eigenvalue weighted by atomic mass is 10.0. The van der Waals surface area contributed by atoms with Crippen LogP contribution in [0, 0.1) is 0 Å². The van der Waals surface area contributed by atoms with Crippen molar-refractivity contribution in [2.45, 2.75) is 51.7 Å². The molecule has 1 unspecified atom stereocenters. The molecule has 2 heterocycles. The predicted octanol–water partition coefficient (Wildman–Crippen LogP) is 2.80. The highest BCUT2D eigenvalue weighted by atomic mass is 16.3. The number of piperidine rings is 1. The summed E-state index contributed by atoms with van der Waals surface area (Å²) in [5.41, 5.74) is 1.25. The number of likely N-dealkylation sites (tertiary alicyclic amines) is 1. The Morgan fingerprint density at radius 2 is 2.00 bits per heavy atom. The minimum atomic E-state index is 0.393. The molecule has 2 rings (SSSR count). The third-order valence-corrected chi connectivity index (χ3v) is 3.79. The molecule has 1 aromatic heterocycles. The van der Waals surface area contributed by atoms with E-state index in [-0.39, 0.29) is 0 Å². The molecule has 17 heavy (non-hydrogen) atoms. The highest BCUT2D eigenvalue weighted by molar-refractivity contribution is 5.10. The standard InChI is InChI=1S/C14H24N2O/c1-11(2)16-7-4-14(5-8-16)15-12(3)13-6-9-17-10-13/h6,9-12,14-15H,4-5,7-8H2,1-3H3. The van der Waals surface area contributed by atoms with Gasteiger partial charge in [-0.1, -0.05) is 0 Å². The van der Waals surface area contributed by atoms with Gasteiger partial charge in [0.05, 0.1) is 12.5 Å². The zero-order valence-corrected chi connectivity index (χ0v) is 11.1. The van der Waals surface area contributed by atoms with Crippen LogP contribution in [-0.2, 0) is 0 Å². The lowest BCUT2D eigenvalue weighted by Gasteiger charge is -2.36. The van der Waals surface area contributed by atoms with Crippen LogP contribution in [0.1, 0.15) is 45.2 Å². The van der Waals surface area contributed by atoms with E-state index in [9.17, 15) is 0 Å². The summed E-state index contributed by atoms with van der Waals surface area (Å²) in [7, 11) is 0. The van der Waals surface area contributed by atoms with Crippen molar-refractivity contribution in [3.63, 3.8) is 0 Å². The third-order valence-electron chi connectivity index (χ3n) is 3.79. The van der Waals surface area contributed by atoms with E-state index in [0.717, 1.165) is 0 Å². The number of nitrogens with zero attached hydrogens (tertiary/aromatic N) is 1. The number of furan rings is 1. The van der Waals surface area contributed by atoms with Crippen molar-refractivity contribution < 1.29 is 4.42 Å². The number of hydrogen-bond donors (Lipinski definition) is 1. The van der Waals surface area contributed by atoms with E-state index < -0.39 is 0 Å². The molecule has 1 N–H and O–H groups in total. The maximum absolute atomic E-state index is 5.13. The number of nitrogens with one attached hydrogen (secondary N) is 1. The van der Waals surface area contributed by atoms with Gasteiger partial charge in [-0.05, 0) is 52.8 Å². The van der Waals surface area contributed by atoms with Crippen molar-refractivity contribution >= 4 is 0 Å². The molecule has 3 heteroatoms. The number of rotatable bonds is 4. The molecule has 1 fully saturated rings. The summed E-state index contributed by atoms with van der Waals surface area (Å²) in [6, 6.07) is 3.77. The van der Waals surface area contributed by atoms with Crippen molar-refractivity contribution in [1.29, 1.82) is 0 Å². The normalized spacial score (nSPS) is 20.9. The highest BCUT2D eigenvalue weighted by Crippen LogP contribution is 2.18. The van der Waals surface area contributed by atoms with Gasteiger partial charge in [0.15, 0.2) is 0 Å². The molecule has 0 radical (unpaired) electrons. The van der Waals surface area contributed by atoms with Gasteiger partial charge in [0.25, 0.3) is 0 Å². The summed E-state index contributed by atoms with van der Waals surface area (Å²) in [5.74, 6) is 0. The lowest BCUT2D eigenvalue weighted by molar-refractivity contribution is 0.157. The van der Waals surface area contributed by atoms with Gasteiger partial charge < -0.3 is 14.6 Å². The van der Waals surface area contributed by atoms with Crippen molar-refractivity contribution in [3.8, 4) is 0 Å². The Morgan fingerprint density at radius 3 is 2.53 bits per heavy atom. The average molecular weight is 236 g/mol. The molecular formula is C14H24N2O. The first-order valence-corrected chi connectivity index (χ1v) is 6.69. The Hall–Kier alpha value is -0.800. The van der Waals surface area contributed by atoms with Crippen molar-refractivity contribution in [3.05, 3.63) is 24.2 Å². The highest BCUT2D eigenvalue weighted by Gasteiger charge is 2.22. The average Bonchev–Trinajstić information content (AvgIpc) is 2.83. The Bertz CT molecular complexity index is 313. The third kappa shape index (κ3) is 3.33. The predicted molar refractivity (Wildman–Crippen MR) is 70.0 cm³/mol. The van der Waals surface area contributed by atoms with E-state index >= 15 is 0 Å². The lowest BCUT2D eigenvalue weighted by Crippen LogP contribution is -2.45. The monoisotopic (exact) mass is 236 g/mol. The zero-order chi connectivity index (χ0) is 12.3. The second kappa shape index (κ2) is 5.69. The Morgan fingerprint density at radius 1 is 1.29 bits per heavy atom. The molecule has 0 amide bonds. The molecule has 96 valence electrons. The van der Waals surface area contributed by atoms with Crippen LogP contribution in [0.3, 0.4) is 0 Å². The van der Waals surface area contributed by atoms with Crippen LogP contribution in [0.4, 0.5) is 0 Å². The molecule has 1 aliphatic heterocycles. The molecule has 1 atom stereocenters. The number of hydrogen-bond acceptors (Lipinski definition) is 3. The molecule has 3 nitrogen and oxygen atoms in total. The van der Waals surface area contributed by atoms with Crippen LogP contribution in [0.2, 0.25) is 0 Å². The van der Waals surface area contributed by atoms with Gasteiger partial charge in [0.1, 0.15) is 0 Å². The maximum Gasteiger partial charge on any atom is 0.0950 e. The van der Waals surface area contributed by atoms with Crippen LogP contribution in [-0.4, -0.2) is 30.1 Å². The summed E-state index contributed by atoms with van der Waals surface area (Å²) in [6.45, 7) is 9.20. The van der Waals surface area contributed by atoms with Gasteiger partial charge in [-0.2, -0.15) is 0 Å². The van der Waals surface area contributed by atoms with Crippen LogP contribution in [0.5, 0.6) is 0 Å². The van der Waals surface area contributed by atoms with Gasteiger partial charge in [-0.15, -0.1) is 0 Å². The van der Waals surface area contributed by atoms with E-state index in [0.29, 0.717) is 18.1 Å². The first kappa shape index (κ1) is 12.7. The van der Waals surface area contributed by atoms with E-state index in [1.54, 1.807) is 6.26 Å². The molecule has 0 bridgehead atoms. The molecule has 0 spiro atoms. The second-order valence-corrected chi connectivity index (χ2v) is 5.35. The topological polar surface area (TPSA) is 28.4 Å². The molecular weight excluding hydrogens is 212 g/mol. The van der Waals surface area contributed by atoms with Crippen molar-refractivity contribution in [2.75, 3.05) is 13.1 Å². The summed E-state index contributed by atoms with van der Waals surface area (Å²) in [5, 5.41) is 3.69. The fourth-order valence-electron chi connectivity index (χ4n) is 2.55. The van der Waals surface area contributed by atoms with Crippen molar-refractivity contribution in [2.24, 2.45) is 0 Å². The van der Waals surface area contributed by atoms with Gasteiger partial charge >= 0.3 is 0 Å². The summed E-state index contributed by atoms with van der Waals surface area (Å²) in [4.78, 5) is 2.56. The quantitative estimate of drug-likeness (QED) is 0.871. The Kier molecular flexibility index (Phi) is 4.24. The summed E-state index contributed by atoms with van der Waals surface area (Å²) >= 11 is 0. The van der Waals surface area contributed by atoms with E-state index in [1.165, 1.54) is 31.5 Å². The maximum atomic E-state index is 5.13. The Labute approximate surface area is 104 Å².